The van der Waals surface area contributed by atoms with Gasteiger partial charge >= 0.3 is 0 Å². The number of carbonyl (C=O) groups excluding carboxylic acids is 1. The monoisotopic (exact) mass is 326 g/mol. The van der Waals surface area contributed by atoms with Crippen LogP contribution in [0.15, 0.2) is 30.5 Å². The molecule has 1 aliphatic rings. The molecule has 0 saturated carbocycles. The summed E-state index contributed by atoms with van der Waals surface area (Å²) >= 11 is 0. The Morgan fingerprint density at radius 2 is 2.25 bits per heavy atom. The van der Waals surface area contributed by atoms with Gasteiger partial charge in [0.05, 0.1) is 12.2 Å². The molecule has 5 nitrogen and oxygen atoms in total. The number of hydrogen-bond donors (Lipinski definition) is 1. The number of aryl methyl sites for hydroxylation is 2. The molecule has 0 aliphatic heterocycles. The second-order valence-electron chi connectivity index (χ2n) is 6.75. The van der Waals surface area contributed by atoms with Crippen molar-refractivity contribution in [1.82, 2.24) is 15.1 Å². The molecule has 5 heteroatoms. The maximum absolute atomic E-state index is 12.4. The molecular formula is C19H26N4O. The lowest BCUT2D eigenvalue weighted by molar-refractivity contribution is -0.121. The summed E-state index contributed by atoms with van der Waals surface area (Å²) in [6.07, 6.45) is 6.33. The number of benzene rings is 1. The van der Waals surface area contributed by atoms with Crippen molar-refractivity contribution in [2.45, 2.75) is 38.1 Å². The first-order chi connectivity index (χ1) is 11.5. The van der Waals surface area contributed by atoms with Gasteiger partial charge in [0.1, 0.15) is 0 Å². The Bertz CT molecular complexity index is 720. The summed E-state index contributed by atoms with van der Waals surface area (Å²) in [7, 11) is 6.03. The number of carbonyl (C=O) groups is 1. The third kappa shape index (κ3) is 3.61. The van der Waals surface area contributed by atoms with Crippen molar-refractivity contribution < 1.29 is 4.79 Å². The maximum Gasteiger partial charge on any atom is 0.220 e. The number of hydrogen-bond acceptors (Lipinski definition) is 3. The number of nitrogens with zero attached hydrogens (tertiary/aromatic N) is 3. The molecule has 0 unspecified atom stereocenters. The Labute approximate surface area is 143 Å². The van der Waals surface area contributed by atoms with Gasteiger partial charge in [-0.05, 0) is 43.4 Å². The molecule has 0 bridgehead atoms. The molecule has 1 amide bonds. The molecule has 0 spiro atoms. The Balaban J connectivity index is 1.58. The third-order valence-electron chi connectivity index (χ3n) is 4.78. The predicted octanol–water partition coefficient (Wildman–Crippen LogP) is 2.61. The number of amides is 1. The highest BCUT2D eigenvalue weighted by Crippen LogP contribution is 2.29. The zero-order valence-corrected chi connectivity index (χ0v) is 14.7. The first kappa shape index (κ1) is 16.6. The smallest absolute Gasteiger partial charge is 0.220 e. The lowest BCUT2D eigenvalue weighted by Gasteiger charge is -2.23. The van der Waals surface area contributed by atoms with E-state index in [1.54, 1.807) is 0 Å². The van der Waals surface area contributed by atoms with E-state index < -0.39 is 0 Å². The van der Waals surface area contributed by atoms with E-state index in [4.69, 9.17) is 0 Å². The summed E-state index contributed by atoms with van der Waals surface area (Å²) in [4.78, 5) is 14.5. The average molecular weight is 326 g/mol. The fourth-order valence-corrected chi connectivity index (χ4v) is 3.37. The molecule has 1 atom stereocenters. The molecule has 1 heterocycles. The number of fused-ring (bicyclic) bond motifs is 1. The SMILES string of the molecule is CN(C)c1cccc(CCC(=O)N[C@H]2CCCc3c2cnn3C)c1. The molecule has 1 N–H and O–H groups in total. The van der Waals surface area contributed by atoms with E-state index in [1.165, 1.54) is 22.5 Å². The largest absolute Gasteiger partial charge is 0.378 e. The highest BCUT2D eigenvalue weighted by molar-refractivity contribution is 5.76. The highest BCUT2D eigenvalue weighted by atomic mass is 16.1. The fourth-order valence-electron chi connectivity index (χ4n) is 3.37. The van der Waals surface area contributed by atoms with Gasteiger partial charge in [-0.3, -0.25) is 9.48 Å². The van der Waals surface area contributed by atoms with Crippen LogP contribution in [0.25, 0.3) is 0 Å². The van der Waals surface area contributed by atoms with Gasteiger partial charge < -0.3 is 10.2 Å². The average Bonchev–Trinajstić information content (AvgIpc) is 2.96. The van der Waals surface area contributed by atoms with Gasteiger partial charge in [-0.15, -0.1) is 0 Å². The van der Waals surface area contributed by atoms with Crippen LogP contribution in [0, 0.1) is 0 Å². The Morgan fingerprint density at radius 1 is 1.42 bits per heavy atom. The second kappa shape index (κ2) is 7.07. The number of aromatic nitrogens is 2. The normalized spacial score (nSPS) is 16.5. The predicted molar refractivity (Wildman–Crippen MR) is 96.1 cm³/mol. The minimum atomic E-state index is 0.114. The summed E-state index contributed by atoms with van der Waals surface area (Å²) in [5, 5.41) is 7.53. The molecule has 1 aliphatic carbocycles. The highest BCUT2D eigenvalue weighted by Gasteiger charge is 2.24. The van der Waals surface area contributed by atoms with E-state index in [0.29, 0.717) is 6.42 Å². The van der Waals surface area contributed by atoms with Crippen molar-refractivity contribution in [3.05, 3.63) is 47.3 Å². The molecule has 3 rings (SSSR count). The first-order valence-electron chi connectivity index (χ1n) is 8.61. The molecule has 0 radical (unpaired) electrons. The van der Waals surface area contributed by atoms with E-state index in [-0.39, 0.29) is 11.9 Å². The van der Waals surface area contributed by atoms with Crippen molar-refractivity contribution in [2.75, 3.05) is 19.0 Å². The van der Waals surface area contributed by atoms with Crippen LogP contribution in [0.3, 0.4) is 0 Å². The topological polar surface area (TPSA) is 50.2 Å². The Hall–Kier alpha value is -2.30. The van der Waals surface area contributed by atoms with Crippen molar-refractivity contribution >= 4 is 11.6 Å². The summed E-state index contributed by atoms with van der Waals surface area (Å²) in [5.74, 6) is 0.118. The summed E-state index contributed by atoms with van der Waals surface area (Å²) in [6, 6.07) is 8.47. The van der Waals surface area contributed by atoms with Crippen molar-refractivity contribution in [3.63, 3.8) is 0 Å². The van der Waals surface area contributed by atoms with Crippen LogP contribution < -0.4 is 10.2 Å². The van der Waals surface area contributed by atoms with E-state index in [0.717, 1.165) is 25.7 Å². The van der Waals surface area contributed by atoms with Crippen LogP contribution in [0.5, 0.6) is 0 Å². The van der Waals surface area contributed by atoms with Gasteiger partial charge in [0.2, 0.25) is 5.91 Å². The Morgan fingerprint density at radius 3 is 3.04 bits per heavy atom. The van der Waals surface area contributed by atoms with Crippen LogP contribution in [-0.4, -0.2) is 29.8 Å². The van der Waals surface area contributed by atoms with Crippen molar-refractivity contribution in [1.29, 1.82) is 0 Å². The third-order valence-corrected chi connectivity index (χ3v) is 4.78. The minimum Gasteiger partial charge on any atom is -0.378 e. The van der Waals surface area contributed by atoms with Gasteiger partial charge in [0.25, 0.3) is 0 Å². The van der Waals surface area contributed by atoms with Crippen LogP contribution in [0.2, 0.25) is 0 Å². The van der Waals surface area contributed by atoms with Crippen LogP contribution in [0.1, 0.15) is 42.1 Å². The zero-order valence-electron chi connectivity index (χ0n) is 14.7. The number of rotatable bonds is 5. The molecule has 24 heavy (non-hydrogen) atoms. The minimum absolute atomic E-state index is 0.114. The van der Waals surface area contributed by atoms with E-state index in [1.807, 2.05) is 38.1 Å². The summed E-state index contributed by atoms with van der Waals surface area (Å²) in [5.41, 5.74) is 4.80. The fraction of sp³-hybridized carbons (Fsp3) is 0.474. The zero-order chi connectivity index (χ0) is 17.1. The molecule has 128 valence electrons. The first-order valence-corrected chi connectivity index (χ1v) is 8.61. The lowest BCUT2D eigenvalue weighted by Crippen LogP contribution is -2.31. The summed E-state index contributed by atoms with van der Waals surface area (Å²) < 4.78 is 1.93. The van der Waals surface area contributed by atoms with Crippen molar-refractivity contribution in [2.24, 2.45) is 7.05 Å². The molecule has 0 fully saturated rings. The van der Waals surface area contributed by atoms with Gasteiger partial charge in [-0.1, -0.05) is 12.1 Å². The van der Waals surface area contributed by atoms with E-state index >= 15 is 0 Å². The lowest BCUT2D eigenvalue weighted by atomic mass is 9.93. The van der Waals surface area contributed by atoms with Gasteiger partial charge in [-0.2, -0.15) is 5.10 Å². The maximum atomic E-state index is 12.4. The molecule has 1 aromatic carbocycles. The van der Waals surface area contributed by atoms with Crippen LogP contribution in [-0.2, 0) is 24.7 Å². The molecule has 0 saturated heterocycles. The van der Waals surface area contributed by atoms with Gasteiger partial charge in [0.15, 0.2) is 0 Å². The van der Waals surface area contributed by atoms with Crippen LogP contribution in [0.4, 0.5) is 5.69 Å². The molecule has 2 aromatic rings. The van der Waals surface area contributed by atoms with E-state index in [2.05, 4.69) is 33.5 Å². The number of anilines is 1. The Kier molecular flexibility index (Phi) is 4.88. The summed E-state index contributed by atoms with van der Waals surface area (Å²) in [6.45, 7) is 0. The van der Waals surface area contributed by atoms with Crippen molar-refractivity contribution in [3.8, 4) is 0 Å². The number of nitrogens with one attached hydrogen (secondary N) is 1. The quantitative estimate of drug-likeness (QED) is 0.919. The van der Waals surface area contributed by atoms with Crippen LogP contribution >= 0.6 is 0 Å². The van der Waals surface area contributed by atoms with Gasteiger partial charge in [-0.25, -0.2) is 0 Å². The molecular weight excluding hydrogens is 300 g/mol. The molecule has 1 aromatic heterocycles. The van der Waals surface area contributed by atoms with E-state index in [9.17, 15) is 4.79 Å². The standard InChI is InChI=1S/C19H26N4O/c1-22(2)15-7-4-6-14(12-15)10-11-19(24)21-17-8-5-9-18-16(17)13-20-23(18)3/h4,6-7,12-13,17H,5,8-11H2,1-3H3,(H,21,24)/t17-/m0/s1. The second-order valence-corrected chi connectivity index (χ2v) is 6.75. The van der Waals surface area contributed by atoms with Gasteiger partial charge in [0, 0.05) is 44.5 Å².